The van der Waals surface area contributed by atoms with Crippen molar-refractivity contribution in [3.8, 4) is 0 Å². The summed E-state index contributed by atoms with van der Waals surface area (Å²) in [4.78, 5) is 33.8. The van der Waals surface area contributed by atoms with Gasteiger partial charge in [-0.2, -0.15) is 0 Å². The third-order valence-electron chi connectivity index (χ3n) is 2.68. The predicted molar refractivity (Wildman–Crippen MR) is 54.4 cm³/mol. The summed E-state index contributed by atoms with van der Waals surface area (Å²) in [6.45, 7) is 1.40. The molecule has 1 atom stereocenters. The lowest BCUT2D eigenvalue weighted by Gasteiger charge is -2.10. The van der Waals surface area contributed by atoms with Gasteiger partial charge in [0.2, 0.25) is 0 Å². The first kappa shape index (κ1) is 12.4. The van der Waals surface area contributed by atoms with E-state index in [1.807, 2.05) is 0 Å². The lowest BCUT2D eigenvalue weighted by Crippen LogP contribution is -2.30. The molecular weight excluding hydrogens is 212 g/mol. The average molecular weight is 226 g/mol. The summed E-state index contributed by atoms with van der Waals surface area (Å²) in [5.74, 6) is -1.66. The highest BCUT2D eigenvalue weighted by molar-refractivity contribution is 6.04. The van der Waals surface area contributed by atoms with E-state index < -0.39 is 17.4 Å². The number of ketones is 1. The SMILES string of the molecule is COC(=O)C1(C(=O)OC)CC1C=CC(C)=O. The molecule has 5 heteroatoms. The highest BCUT2D eigenvalue weighted by atomic mass is 16.5. The Morgan fingerprint density at radius 2 is 1.69 bits per heavy atom. The van der Waals surface area contributed by atoms with Gasteiger partial charge in [0, 0.05) is 5.92 Å². The van der Waals surface area contributed by atoms with Crippen molar-refractivity contribution >= 4 is 17.7 Å². The Hall–Kier alpha value is -1.65. The molecule has 0 radical (unpaired) electrons. The van der Waals surface area contributed by atoms with Gasteiger partial charge in [0.05, 0.1) is 14.2 Å². The smallest absolute Gasteiger partial charge is 0.323 e. The van der Waals surface area contributed by atoms with E-state index in [1.165, 1.54) is 27.2 Å². The number of allylic oxidation sites excluding steroid dienone is 2. The number of hydrogen-bond donors (Lipinski definition) is 0. The Kier molecular flexibility index (Phi) is 3.47. The highest BCUT2D eigenvalue weighted by Crippen LogP contribution is 2.55. The topological polar surface area (TPSA) is 69.7 Å². The minimum atomic E-state index is -1.24. The molecule has 0 N–H and O–H groups in total. The maximum atomic E-state index is 11.5. The molecule has 0 heterocycles. The molecule has 1 aliphatic carbocycles. The molecule has 0 aromatic heterocycles. The van der Waals surface area contributed by atoms with Gasteiger partial charge in [-0.05, 0) is 19.4 Å². The van der Waals surface area contributed by atoms with Crippen LogP contribution in [0, 0.1) is 11.3 Å². The first-order valence-electron chi connectivity index (χ1n) is 4.84. The van der Waals surface area contributed by atoms with Crippen molar-refractivity contribution in [2.24, 2.45) is 11.3 Å². The quantitative estimate of drug-likeness (QED) is 0.396. The Bertz CT molecular complexity index is 339. The minimum Gasteiger partial charge on any atom is -0.468 e. The zero-order valence-corrected chi connectivity index (χ0v) is 9.48. The maximum absolute atomic E-state index is 11.5. The maximum Gasteiger partial charge on any atom is 0.323 e. The number of esters is 2. The van der Waals surface area contributed by atoms with Gasteiger partial charge < -0.3 is 9.47 Å². The summed E-state index contributed by atoms with van der Waals surface area (Å²) in [5.41, 5.74) is -1.24. The molecule has 0 aromatic carbocycles. The van der Waals surface area contributed by atoms with Crippen molar-refractivity contribution in [3.63, 3.8) is 0 Å². The summed E-state index contributed by atoms with van der Waals surface area (Å²) >= 11 is 0. The fourth-order valence-corrected chi connectivity index (χ4v) is 1.69. The molecule has 16 heavy (non-hydrogen) atoms. The summed E-state index contributed by atoms with van der Waals surface area (Å²) in [5, 5.41) is 0. The van der Waals surface area contributed by atoms with Crippen molar-refractivity contribution in [1.29, 1.82) is 0 Å². The summed E-state index contributed by atoms with van der Waals surface area (Å²) in [6, 6.07) is 0. The highest BCUT2D eigenvalue weighted by Gasteiger charge is 2.66. The molecule has 1 fully saturated rings. The number of carbonyl (C=O) groups excluding carboxylic acids is 3. The molecule has 1 aliphatic rings. The normalized spacial score (nSPS) is 21.6. The van der Waals surface area contributed by atoms with Gasteiger partial charge in [-0.3, -0.25) is 14.4 Å². The molecule has 1 unspecified atom stereocenters. The van der Waals surface area contributed by atoms with Crippen LogP contribution in [0.2, 0.25) is 0 Å². The monoisotopic (exact) mass is 226 g/mol. The van der Waals surface area contributed by atoms with Crippen molar-refractivity contribution in [3.05, 3.63) is 12.2 Å². The van der Waals surface area contributed by atoms with Gasteiger partial charge in [-0.15, -0.1) is 0 Å². The molecule has 0 spiro atoms. The molecule has 0 bridgehead atoms. The van der Waals surface area contributed by atoms with Crippen LogP contribution in [0.3, 0.4) is 0 Å². The second-order valence-electron chi connectivity index (χ2n) is 3.73. The third-order valence-corrected chi connectivity index (χ3v) is 2.68. The Labute approximate surface area is 93.4 Å². The van der Waals surface area contributed by atoms with Crippen LogP contribution < -0.4 is 0 Å². The number of rotatable bonds is 4. The number of ether oxygens (including phenoxy) is 2. The van der Waals surface area contributed by atoms with E-state index in [4.69, 9.17) is 0 Å². The van der Waals surface area contributed by atoms with Crippen LogP contribution >= 0.6 is 0 Å². The van der Waals surface area contributed by atoms with Gasteiger partial charge in [-0.25, -0.2) is 0 Å². The lowest BCUT2D eigenvalue weighted by atomic mass is 10.0. The van der Waals surface area contributed by atoms with Crippen LogP contribution in [0.25, 0.3) is 0 Å². The Morgan fingerprint density at radius 1 is 1.19 bits per heavy atom. The summed E-state index contributed by atoms with van der Waals surface area (Å²) in [7, 11) is 2.44. The number of hydrogen-bond acceptors (Lipinski definition) is 5. The van der Waals surface area contributed by atoms with Crippen LogP contribution in [0.5, 0.6) is 0 Å². The van der Waals surface area contributed by atoms with E-state index in [9.17, 15) is 14.4 Å². The fourth-order valence-electron chi connectivity index (χ4n) is 1.69. The van der Waals surface area contributed by atoms with Crippen molar-refractivity contribution in [1.82, 2.24) is 0 Å². The van der Waals surface area contributed by atoms with Crippen LogP contribution in [-0.2, 0) is 23.9 Å². The molecule has 0 amide bonds. The molecular formula is C11H14O5. The summed E-state index contributed by atoms with van der Waals surface area (Å²) in [6.07, 6.45) is 3.23. The predicted octanol–water partition coefficient (Wildman–Crippen LogP) is 0.484. The Morgan fingerprint density at radius 3 is 2.06 bits per heavy atom. The fraction of sp³-hybridized carbons (Fsp3) is 0.545. The van der Waals surface area contributed by atoms with E-state index in [2.05, 4.69) is 9.47 Å². The third kappa shape index (κ3) is 1.98. The van der Waals surface area contributed by atoms with Crippen molar-refractivity contribution < 1.29 is 23.9 Å². The van der Waals surface area contributed by atoms with E-state index >= 15 is 0 Å². The molecule has 0 aromatic rings. The summed E-state index contributed by atoms with van der Waals surface area (Å²) < 4.78 is 9.16. The molecule has 0 aliphatic heterocycles. The molecule has 1 saturated carbocycles. The van der Waals surface area contributed by atoms with E-state index in [-0.39, 0.29) is 11.7 Å². The first-order valence-corrected chi connectivity index (χ1v) is 4.84. The van der Waals surface area contributed by atoms with Gasteiger partial charge in [-0.1, -0.05) is 6.08 Å². The van der Waals surface area contributed by atoms with Crippen molar-refractivity contribution in [2.45, 2.75) is 13.3 Å². The van der Waals surface area contributed by atoms with E-state index in [0.29, 0.717) is 6.42 Å². The zero-order chi connectivity index (χ0) is 12.3. The largest absolute Gasteiger partial charge is 0.468 e. The van der Waals surface area contributed by atoms with Crippen LogP contribution in [-0.4, -0.2) is 31.9 Å². The van der Waals surface area contributed by atoms with Gasteiger partial charge in [0.1, 0.15) is 0 Å². The second-order valence-corrected chi connectivity index (χ2v) is 3.73. The lowest BCUT2D eigenvalue weighted by molar-refractivity contribution is -0.161. The van der Waals surface area contributed by atoms with Gasteiger partial charge >= 0.3 is 11.9 Å². The second kappa shape index (κ2) is 4.47. The average Bonchev–Trinajstić information content (AvgIpc) is 2.99. The molecule has 88 valence electrons. The molecule has 0 saturated heterocycles. The van der Waals surface area contributed by atoms with E-state index in [1.54, 1.807) is 6.08 Å². The molecule has 1 rings (SSSR count). The van der Waals surface area contributed by atoms with Gasteiger partial charge in [0.15, 0.2) is 11.2 Å². The minimum absolute atomic E-state index is 0.129. The Balaban J connectivity index is 2.84. The van der Waals surface area contributed by atoms with Crippen molar-refractivity contribution in [2.75, 3.05) is 14.2 Å². The van der Waals surface area contributed by atoms with Crippen LogP contribution in [0.15, 0.2) is 12.2 Å². The van der Waals surface area contributed by atoms with Gasteiger partial charge in [0.25, 0.3) is 0 Å². The number of methoxy groups -OCH3 is 2. The number of carbonyl (C=O) groups is 3. The van der Waals surface area contributed by atoms with Crippen LogP contribution in [0.4, 0.5) is 0 Å². The van der Waals surface area contributed by atoms with Crippen LogP contribution in [0.1, 0.15) is 13.3 Å². The zero-order valence-electron chi connectivity index (χ0n) is 9.48. The molecule has 5 nitrogen and oxygen atoms in total. The first-order chi connectivity index (χ1) is 7.48. The standard InChI is InChI=1S/C11H14O5/c1-7(12)4-5-8-6-11(8,9(13)15-2)10(14)16-3/h4-5,8H,6H2,1-3H3. The van der Waals surface area contributed by atoms with E-state index in [0.717, 1.165) is 0 Å².